The van der Waals surface area contributed by atoms with Crippen LogP contribution in [0.5, 0.6) is 0 Å². The van der Waals surface area contributed by atoms with Crippen molar-refractivity contribution in [3.05, 3.63) is 69.5 Å². The lowest BCUT2D eigenvalue weighted by molar-refractivity contribution is -0.482. The zero-order chi connectivity index (χ0) is 14.5. The molecule has 20 heavy (non-hydrogen) atoms. The third-order valence-corrected chi connectivity index (χ3v) is 3.27. The topological polar surface area (TPSA) is 68.1 Å². The fraction of sp³-hybridized carbons (Fsp3) is 0.267. The van der Waals surface area contributed by atoms with Crippen LogP contribution in [0.4, 0.5) is 5.69 Å². The highest BCUT2D eigenvalue weighted by molar-refractivity contribution is 5.49. The number of benzene rings is 1. The standard InChI is InChI=1S/C15H17N3O2/c1-11-5-6-14(8-12(11)2)17-15(10-18(19)20)13-4-3-7-16-9-13/h3-9,15,17H,10H2,1-2H3. The van der Waals surface area contributed by atoms with Crippen LogP contribution >= 0.6 is 0 Å². The van der Waals surface area contributed by atoms with E-state index < -0.39 is 0 Å². The summed E-state index contributed by atoms with van der Waals surface area (Å²) in [5.74, 6) is 0. The fourth-order valence-electron chi connectivity index (χ4n) is 2.00. The number of hydrogen-bond acceptors (Lipinski definition) is 4. The summed E-state index contributed by atoms with van der Waals surface area (Å²) < 4.78 is 0. The third-order valence-electron chi connectivity index (χ3n) is 3.27. The number of hydrogen-bond donors (Lipinski definition) is 1. The SMILES string of the molecule is Cc1ccc(NC(C[N+](=O)[O-])c2cccnc2)cc1C. The van der Waals surface area contributed by atoms with Crippen molar-refractivity contribution in [2.45, 2.75) is 19.9 Å². The van der Waals surface area contributed by atoms with E-state index in [1.54, 1.807) is 18.5 Å². The van der Waals surface area contributed by atoms with Gasteiger partial charge in [0.25, 0.3) is 0 Å². The number of nitrogens with one attached hydrogen (secondary N) is 1. The number of nitrogens with zero attached hydrogens (tertiary/aromatic N) is 2. The van der Waals surface area contributed by atoms with Crippen LogP contribution in [0.2, 0.25) is 0 Å². The molecule has 0 radical (unpaired) electrons. The summed E-state index contributed by atoms with van der Waals surface area (Å²) in [5, 5.41) is 14.1. The molecule has 0 aliphatic carbocycles. The summed E-state index contributed by atoms with van der Waals surface area (Å²) in [4.78, 5) is 14.5. The number of pyridine rings is 1. The minimum Gasteiger partial charge on any atom is -0.372 e. The lowest BCUT2D eigenvalue weighted by Gasteiger charge is -2.17. The van der Waals surface area contributed by atoms with Gasteiger partial charge in [0.2, 0.25) is 6.54 Å². The van der Waals surface area contributed by atoms with E-state index in [2.05, 4.69) is 10.3 Å². The average molecular weight is 271 g/mol. The second kappa shape index (κ2) is 6.14. The zero-order valence-corrected chi connectivity index (χ0v) is 11.5. The molecule has 1 N–H and O–H groups in total. The van der Waals surface area contributed by atoms with Crippen molar-refractivity contribution in [2.75, 3.05) is 11.9 Å². The van der Waals surface area contributed by atoms with Gasteiger partial charge in [0.15, 0.2) is 0 Å². The summed E-state index contributed by atoms with van der Waals surface area (Å²) >= 11 is 0. The van der Waals surface area contributed by atoms with E-state index in [9.17, 15) is 10.1 Å². The predicted octanol–water partition coefficient (Wildman–Crippen LogP) is 3.13. The van der Waals surface area contributed by atoms with Crippen LogP contribution in [-0.2, 0) is 0 Å². The third kappa shape index (κ3) is 3.54. The van der Waals surface area contributed by atoms with Crippen molar-refractivity contribution in [3.63, 3.8) is 0 Å². The van der Waals surface area contributed by atoms with E-state index in [1.165, 1.54) is 5.56 Å². The maximum Gasteiger partial charge on any atom is 0.227 e. The average Bonchev–Trinajstić information content (AvgIpc) is 2.43. The molecule has 104 valence electrons. The second-order valence-corrected chi connectivity index (χ2v) is 4.80. The molecule has 2 rings (SSSR count). The Hall–Kier alpha value is -2.43. The predicted molar refractivity (Wildman–Crippen MR) is 78.4 cm³/mol. The van der Waals surface area contributed by atoms with Gasteiger partial charge in [0.05, 0.1) is 0 Å². The van der Waals surface area contributed by atoms with Crippen molar-refractivity contribution in [1.82, 2.24) is 4.98 Å². The molecule has 5 nitrogen and oxygen atoms in total. The van der Waals surface area contributed by atoms with E-state index in [1.807, 2.05) is 38.1 Å². The number of rotatable bonds is 5. The van der Waals surface area contributed by atoms with Gasteiger partial charge in [-0.25, -0.2) is 0 Å². The van der Waals surface area contributed by atoms with Crippen molar-refractivity contribution in [2.24, 2.45) is 0 Å². The van der Waals surface area contributed by atoms with Crippen LogP contribution in [0.25, 0.3) is 0 Å². The van der Waals surface area contributed by atoms with Gasteiger partial charge in [-0.15, -0.1) is 0 Å². The van der Waals surface area contributed by atoms with Gasteiger partial charge >= 0.3 is 0 Å². The monoisotopic (exact) mass is 271 g/mol. The zero-order valence-electron chi connectivity index (χ0n) is 11.5. The molecule has 1 atom stereocenters. The first-order chi connectivity index (χ1) is 9.56. The Balaban J connectivity index is 2.23. The summed E-state index contributed by atoms with van der Waals surface area (Å²) in [5.41, 5.74) is 4.04. The van der Waals surface area contributed by atoms with Gasteiger partial charge in [-0.3, -0.25) is 15.1 Å². The summed E-state index contributed by atoms with van der Waals surface area (Å²) in [7, 11) is 0. The minimum absolute atomic E-state index is 0.182. The van der Waals surface area contributed by atoms with E-state index in [0.29, 0.717) is 0 Å². The van der Waals surface area contributed by atoms with Crippen LogP contribution in [0.15, 0.2) is 42.7 Å². The van der Waals surface area contributed by atoms with Crippen LogP contribution in [0.1, 0.15) is 22.7 Å². The number of aromatic nitrogens is 1. The van der Waals surface area contributed by atoms with Gasteiger partial charge in [0.1, 0.15) is 6.04 Å². The van der Waals surface area contributed by atoms with Crippen LogP contribution in [0.3, 0.4) is 0 Å². The molecular formula is C15H17N3O2. The molecule has 0 aliphatic heterocycles. The first-order valence-corrected chi connectivity index (χ1v) is 6.42. The number of aryl methyl sites for hydroxylation is 2. The summed E-state index contributed by atoms with van der Waals surface area (Å²) in [6.45, 7) is 3.88. The van der Waals surface area contributed by atoms with E-state index in [4.69, 9.17) is 0 Å². The van der Waals surface area contributed by atoms with Gasteiger partial charge < -0.3 is 5.32 Å². The van der Waals surface area contributed by atoms with Crippen molar-refractivity contribution >= 4 is 5.69 Å². The molecule has 0 aliphatic rings. The minimum atomic E-state index is -0.388. The Morgan fingerprint density at radius 1 is 1.30 bits per heavy atom. The molecule has 0 bridgehead atoms. The lowest BCUT2D eigenvalue weighted by atomic mass is 10.1. The Morgan fingerprint density at radius 3 is 2.70 bits per heavy atom. The maximum absolute atomic E-state index is 10.8. The Kier molecular flexibility index (Phi) is 4.30. The van der Waals surface area contributed by atoms with Crippen molar-refractivity contribution < 1.29 is 4.92 Å². The summed E-state index contributed by atoms with van der Waals surface area (Å²) in [6, 6.07) is 9.18. The Morgan fingerprint density at radius 2 is 2.10 bits per heavy atom. The number of nitro groups is 1. The molecular weight excluding hydrogens is 254 g/mol. The highest BCUT2D eigenvalue weighted by atomic mass is 16.6. The Bertz CT molecular complexity index is 599. The molecule has 0 amide bonds. The first kappa shape index (κ1) is 14.0. The first-order valence-electron chi connectivity index (χ1n) is 6.42. The lowest BCUT2D eigenvalue weighted by Crippen LogP contribution is -2.20. The van der Waals surface area contributed by atoms with Crippen molar-refractivity contribution in [1.29, 1.82) is 0 Å². The molecule has 0 fully saturated rings. The molecule has 1 unspecified atom stereocenters. The van der Waals surface area contributed by atoms with Gasteiger partial charge in [-0.05, 0) is 48.7 Å². The van der Waals surface area contributed by atoms with E-state index >= 15 is 0 Å². The highest BCUT2D eigenvalue weighted by Gasteiger charge is 2.17. The largest absolute Gasteiger partial charge is 0.372 e. The van der Waals surface area contributed by atoms with Crippen LogP contribution < -0.4 is 5.32 Å². The Labute approximate surface area is 117 Å². The molecule has 0 saturated carbocycles. The van der Waals surface area contributed by atoms with E-state index in [-0.39, 0.29) is 17.5 Å². The van der Waals surface area contributed by atoms with E-state index in [0.717, 1.165) is 16.8 Å². The molecule has 1 aromatic heterocycles. The molecule has 0 spiro atoms. The van der Waals surface area contributed by atoms with Crippen molar-refractivity contribution in [3.8, 4) is 0 Å². The fourth-order valence-corrected chi connectivity index (χ4v) is 2.00. The molecule has 1 aromatic carbocycles. The molecule has 1 heterocycles. The smallest absolute Gasteiger partial charge is 0.227 e. The van der Waals surface area contributed by atoms with Crippen LogP contribution in [-0.4, -0.2) is 16.5 Å². The second-order valence-electron chi connectivity index (χ2n) is 4.80. The molecule has 5 heteroatoms. The van der Waals surface area contributed by atoms with Crippen LogP contribution in [0, 0.1) is 24.0 Å². The van der Waals surface area contributed by atoms with Gasteiger partial charge in [-0.2, -0.15) is 0 Å². The molecule has 2 aromatic rings. The number of anilines is 1. The maximum atomic E-state index is 10.8. The van der Waals surface area contributed by atoms with Gasteiger partial charge in [0, 0.05) is 23.0 Å². The highest BCUT2D eigenvalue weighted by Crippen LogP contribution is 2.21. The van der Waals surface area contributed by atoms with Gasteiger partial charge in [-0.1, -0.05) is 12.1 Å². The molecule has 0 saturated heterocycles. The normalized spacial score (nSPS) is 11.9. The summed E-state index contributed by atoms with van der Waals surface area (Å²) in [6.07, 6.45) is 3.31. The quantitative estimate of drug-likeness (QED) is 0.670.